The lowest BCUT2D eigenvalue weighted by Crippen LogP contribution is -2.45. The van der Waals surface area contributed by atoms with E-state index < -0.39 is 5.97 Å². The Morgan fingerprint density at radius 2 is 2.17 bits per heavy atom. The number of fused-ring (bicyclic) bond motifs is 1. The third-order valence-corrected chi connectivity index (χ3v) is 4.91. The highest BCUT2D eigenvalue weighted by molar-refractivity contribution is 5.84. The fourth-order valence-corrected chi connectivity index (χ4v) is 3.77. The van der Waals surface area contributed by atoms with E-state index in [1.165, 1.54) is 11.8 Å². The third-order valence-electron chi connectivity index (χ3n) is 4.91. The zero-order valence-corrected chi connectivity index (χ0v) is 13.3. The van der Waals surface area contributed by atoms with Crippen LogP contribution in [0.1, 0.15) is 47.3 Å². The number of carboxylic acids is 1. The lowest BCUT2D eigenvalue weighted by molar-refractivity contribution is -0.00752. The van der Waals surface area contributed by atoms with Crippen LogP contribution in [0.4, 0.5) is 0 Å². The zero-order valence-electron chi connectivity index (χ0n) is 13.3. The first kappa shape index (κ1) is 15.4. The summed E-state index contributed by atoms with van der Waals surface area (Å²) >= 11 is 0. The molecule has 0 bridgehead atoms. The highest BCUT2D eigenvalue weighted by atomic mass is 16.5. The van der Waals surface area contributed by atoms with Gasteiger partial charge >= 0.3 is 5.97 Å². The molecule has 0 unspecified atom stereocenters. The number of likely N-dealkylation sites (tertiary alicyclic amines) is 1. The molecule has 0 amide bonds. The Morgan fingerprint density at radius 3 is 2.92 bits per heavy atom. The van der Waals surface area contributed by atoms with Gasteiger partial charge in [0, 0.05) is 6.04 Å². The Morgan fingerprint density at radius 1 is 1.33 bits per heavy atom. The molecular weight excluding hydrogens is 308 g/mol. The third kappa shape index (κ3) is 2.95. The van der Waals surface area contributed by atoms with E-state index in [2.05, 4.69) is 22.0 Å². The SMILES string of the molecule is O=C(O)c1coc(CN2CCC[C@@H]3O[C@H](c4ccccc4)C[C@@H]32)n1. The van der Waals surface area contributed by atoms with Crippen LogP contribution in [-0.2, 0) is 11.3 Å². The second-order valence-corrected chi connectivity index (χ2v) is 6.42. The van der Waals surface area contributed by atoms with E-state index in [4.69, 9.17) is 14.3 Å². The molecule has 24 heavy (non-hydrogen) atoms. The number of carboxylic acid groups (broad SMARTS) is 1. The lowest BCUT2D eigenvalue weighted by atomic mass is 9.95. The first-order valence-corrected chi connectivity index (χ1v) is 8.33. The first-order valence-electron chi connectivity index (χ1n) is 8.33. The lowest BCUT2D eigenvalue weighted by Gasteiger charge is -2.35. The number of hydrogen-bond acceptors (Lipinski definition) is 5. The Hall–Kier alpha value is -2.18. The van der Waals surface area contributed by atoms with E-state index in [1.807, 2.05) is 18.2 Å². The maximum atomic E-state index is 10.9. The van der Waals surface area contributed by atoms with Crippen molar-refractivity contribution >= 4 is 5.97 Å². The van der Waals surface area contributed by atoms with Gasteiger partial charge < -0.3 is 14.3 Å². The summed E-state index contributed by atoms with van der Waals surface area (Å²) in [7, 11) is 0. The van der Waals surface area contributed by atoms with E-state index in [0.717, 1.165) is 25.8 Å². The summed E-state index contributed by atoms with van der Waals surface area (Å²) in [6, 6.07) is 10.6. The molecule has 126 valence electrons. The minimum absolute atomic E-state index is 0.0385. The number of rotatable bonds is 4. The van der Waals surface area contributed by atoms with E-state index in [0.29, 0.717) is 18.5 Å². The molecule has 2 aliphatic rings. The van der Waals surface area contributed by atoms with Crippen molar-refractivity contribution in [3.8, 4) is 0 Å². The summed E-state index contributed by atoms with van der Waals surface area (Å²) in [6.45, 7) is 1.48. The standard InChI is InChI=1S/C18H20N2O4/c21-18(22)13-11-23-17(19-13)10-20-8-4-7-15-14(20)9-16(24-15)12-5-2-1-3-6-12/h1-3,5-6,11,14-16H,4,7-10H2,(H,21,22)/t14-,15-,16-/m0/s1. The van der Waals surface area contributed by atoms with Gasteiger partial charge in [-0.25, -0.2) is 9.78 Å². The fourth-order valence-electron chi connectivity index (χ4n) is 3.77. The van der Waals surface area contributed by atoms with Crippen molar-refractivity contribution < 1.29 is 19.1 Å². The summed E-state index contributed by atoms with van der Waals surface area (Å²) in [5.41, 5.74) is 1.18. The molecule has 0 spiro atoms. The van der Waals surface area contributed by atoms with Gasteiger partial charge in [-0.05, 0) is 31.4 Å². The van der Waals surface area contributed by atoms with E-state index in [-0.39, 0.29) is 17.9 Å². The molecule has 2 aliphatic heterocycles. The number of ether oxygens (including phenoxy) is 1. The van der Waals surface area contributed by atoms with Crippen LogP contribution < -0.4 is 0 Å². The van der Waals surface area contributed by atoms with Crippen LogP contribution in [0.3, 0.4) is 0 Å². The first-order chi connectivity index (χ1) is 11.7. The Bertz CT molecular complexity index is 715. The highest BCUT2D eigenvalue weighted by Crippen LogP contribution is 2.40. The predicted octanol–water partition coefficient (Wildman–Crippen LogP) is 2.87. The fraction of sp³-hybridized carbons (Fsp3) is 0.444. The van der Waals surface area contributed by atoms with Gasteiger partial charge in [-0.15, -0.1) is 0 Å². The van der Waals surface area contributed by atoms with Crippen LogP contribution in [-0.4, -0.2) is 39.7 Å². The minimum Gasteiger partial charge on any atom is -0.476 e. The van der Waals surface area contributed by atoms with Crippen molar-refractivity contribution in [2.24, 2.45) is 0 Å². The molecule has 1 aromatic carbocycles. The van der Waals surface area contributed by atoms with Crippen molar-refractivity contribution in [2.75, 3.05) is 6.54 Å². The number of benzene rings is 1. The summed E-state index contributed by atoms with van der Waals surface area (Å²) < 4.78 is 11.6. The average molecular weight is 328 g/mol. The summed E-state index contributed by atoms with van der Waals surface area (Å²) in [5.74, 6) is -0.605. The van der Waals surface area contributed by atoms with Crippen LogP contribution in [0.5, 0.6) is 0 Å². The normalized spacial score (nSPS) is 27.1. The van der Waals surface area contributed by atoms with Crippen molar-refractivity contribution in [3.05, 3.63) is 53.7 Å². The van der Waals surface area contributed by atoms with E-state index >= 15 is 0 Å². The quantitative estimate of drug-likeness (QED) is 0.930. The number of aromatic carboxylic acids is 1. The average Bonchev–Trinajstić information content (AvgIpc) is 3.23. The topological polar surface area (TPSA) is 75.8 Å². The minimum atomic E-state index is -1.06. The summed E-state index contributed by atoms with van der Waals surface area (Å²) in [4.78, 5) is 17.3. The maximum Gasteiger partial charge on any atom is 0.357 e. The summed E-state index contributed by atoms with van der Waals surface area (Å²) in [5, 5.41) is 8.96. The molecule has 0 saturated carbocycles. The van der Waals surface area contributed by atoms with Gasteiger partial charge in [0.15, 0.2) is 5.69 Å². The Kier molecular flexibility index (Phi) is 4.08. The molecular formula is C18H20N2O4. The van der Waals surface area contributed by atoms with Crippen LogP contribution in [0, 0.1) is 0 Å². The Balaban J connectivity index is 1.47. The molecule has 0 radical (unpaired) electrons. The van der Waals surface area contributed by atoms with Gasteiger partial charge in [0.25, 0.3) is 0 Å². The van der Waals surface area contributed by atoms with Gasteiger partial charge in [-0.1, -0.05) is 30.3 Å². The molecule has 2 fully saturated rings. The van der Waals surface area contributed by atoms with Crippen LogP contribution in [0.25, 0.3) is 0 Å². The van der Waals surface area contributed by atoms with Crippen molar-refractivity contribution in [1.29, 1.82) is 0 Å². The number of aromatic nitrogens is 1. The predicted molar refractivity (Wildman–Crippen MR) is 85.6 cm³/mol. The van der Waals surface area contributed by atoms with Crippen molar-refractivity contribution in [3.63, 3.8) is 0 Å². The van der Waals surface area contributed by atoms with E-state index in [1.54, 1.807) is 0 Å². The second kappa shape index (κ2) is 6.37. The number of piperidine rings is 1. The van der Waals surface area contributed by atoms with E-state index in [9.17, 15) is 4.79 Å². The number of nitrogens with zero attached hydrogens (tertiary/aromatic N) is 2. The number of carbonyl (C=O) groups is 1. The van der Waals surface area contributed by atoms with Gasteiger partial charge in [0.2, 0.25) is 5.89 Å². The van der Waals surface area contributed by atoms with Crippen molar-refractivity contribution in [2.45, 2.75) is 44.1 Å². The van der Waals surface area contributed by atoms with Gasteiger partial charge in [-0.3, -0.25) is 4.90 Å². The molecule has 0 aliphatic carbocycles. The maximum absolute atomic E-state index is 10.9. The van der Waals surface area contributed by atoms with Crippen LogP contribution in [0.15, 0.2) is 41.0 Å². The van der Waals surface area contributed by atoms with Gasteiger partial charge in [-0.2, -0.15) is 0 Å². The molecule has 3 atom stereocenters. The summed E-state index contributed by atoms with van der Waals surface area (Å²) in [6.07, 6.45) is 4.63. The molecule has 2 aromatic rings. The molecule has 1 N–H and O–H groups in total. The molecule has 3 heterocycles. The van der Waals surface area contributed by atoms with Crippen LogP contribution >= 0.6 is 0 Å². The van der Waals surface area contributed by atoms with Gasteiger partial charge in [0.05, 0.1) is 18.8 Å². The van der Waals surface area contributed by atoms with Crippen LogP contribution in [0.2, 0.25) is 0 Å². The molecule has 1 aromatic heterocycles. The molecule has 2 saturated heterocycles. The zero-order chi connectivity index (χ0) is 16.5. The molecule has 4 rings (SSSR count). The molecule has 6 heteroatoms. The Labute approximate surface area is 140 Å². The highest BCUT2D eigenvalue weighted by Gasteiger charge is 2.41. The number of hydrogen-bond donors (Lipinski definition) is 1. The molecule has 6 nitrogen and oxygen atoms in total. The number of oxazole rings is 1. The van der Waals surface area contributed by atoms with Gasteiger partial charge in [0.1, 0.15) is 6.26 Å². The second-order valence-electron chi connectivity index (χ2n) is 6.42. The smallest absolute Gasteiger partial charge is 0.357 e. The van der Waals surface area contributed by atoms with Crippen molar-refractivity contribution in [1.82, 2.24) is 9.88 Å². The monoisotopic (exact) mass is 328 g/mol. The largest absolute Gasteiger partial charge is 0.476 e.